The predicted molar refractivity (Wildman–Crippen MR) is 44.0 cm³/mol. The van der Waals surface area contributed by atoms with E-state index in [0.717, 1.165) is 12.0 Å². The first-order chi connectivity index (χ1) is 5.77. The van der Waals surface area contributed by atoms with Crippen LogP contribution >= 0.6 is 0 Å². The van der Waals surface area contributed by atoms with Gasteiger partial charge in [-0.05, 0) is 19.9 Å². The van der Waals surface area contributed by atoms with Crippen LogP contribution in [0, 0.1) is 6.92 Å². The van der Waals surface area contributed by atoms with Crippen LogP contribution in [0.3, 0.4) is 0 Å². The van der Waals surface area contributed by atoms with Crippen molar-refractivity contribution in [2.24, 2.45) is 0 Å². The Kier molecular flexibility index (Phi) is 2.99. The highest BCUT2D eigenvalue weighted by molar-refractivity contribution is 5.72. The van der Waals surface area contributed by atoms with Gasteiger partial charge < -0.3 is 4.74 Å². The first kappa shape index (κ1) is 8.93. The van der Waals surface area contributed by atoms with Crippen LogP contribution in [0.2, 0.25) is 0 Å². The maximum atomic E-state index is 10.5. The molecule has 4 heteroatoms. The van der Waals surface area contributed by atoms with Crippen LogP contribution in [0.25, 0.3) is 0 Å². The molecule has 0 spiro atoms. The van der Waals surface area contributed by atoms with E-state index in [4.69, 9.17) is 4.74 Å². The van der Waals surface area contributed by atoms with Crippen molar-refractivity contribution in [1.82, 2.24) is 9.78 Å². The van der Waals surface area contributed by atoms with E-state index in [9.17, 15) is 4.79 Å². The summed E-state index contributed by atoms with van der Waals surface area (Å²) in [5.41, 5.74) is 1.39. The molecule has 0 fully saturated rings. The van der Waals surface area contributed by atoms with Crippen molar-refractivity contribution in [1.29, 1.82) is 0 Å². The van der Waals surface area contributed by atoms with Gasteiger partial charge in [0.1, 0.15) is 12.4 Å². The van der Waals surface area contributed by atoms with E-state index < -0.39 is 0 Å². The van der Waals surface area contributed by atoms with Crippen LogP contribution < -0.4 is 0 Å². The summed E-state index contributed by atoms with van der Waals surface area (Å²) < 4.78 is 6.66. The maximum Gasteiger partial charge on any atom is 0.168 e. The van der Waals surface area contributed by atoms with E-state index in [2.05, 4.69) is 5.10 Å². The first-order valence-electron chi connectivity index (χ1n) is 3.85. The van der Waals surface area contributed by atoms with Gasteiger partial charge in [-0.25, -0.2) is 4.68 Å². The van der Waals surface area contributed by atoms with Crippen molar-refractivity contribution in [3.05, 3.63) is 17.5 Å². The molecule has 0 saturated heterocycles. The molecule has 0 aliphatic rings. The van der Waals surface area contributed by atoms with Gasteiger partial charge in [0.2, 0.25) is 0 Å². The SMILES string of the molecule is CCOCn1nc(C)cc1C=O. The number of hydrogen-bond acceptors (Lipinski definition) is 3. The van der Waals surface area contributed by atoms with Gasteiger partial charge in [0.05, 0.1) is 5.69 Å². The fraction of sp³-hybridized carbons (Fsp3) is 0.500. The second kappa shape index (κ2) is 4.01. The minimum absolute atomic E-state index is 0.346. The van der Waals surface area contributed by atoms with E-state index in [1.807, 2.05) is 13.8 Å². The summed E-state index contributed by atoms with van der Waals surface area (Å²) in [5.74, 6) is 0. The number of hydrogen-bond donors (Lipinski definition) is 0. The molecule has 0 N–H and O–H groups in total. The van der Waals surface area contributed by atoms with Crippen molar-refractivity contribution < 1.29 is 9.53 Å². The zero-order chi connectivity index (χ0) is 8.97. The minimum atomic E-state index is 0.346. The lowest BCUT2D eigenvalue weighted by molar-refractivity contribution is 0.0757. The molecule has 0 unspecified atom stereocenters. The fourth-order valence-electron chi connectivity index (χ4n) is 0.942. The summed E-state index contributed by atoms with van der Waals surface area (Å²) >= 11 is 0. The molecule has 1 aromatic rings. The van der Waals surface area contributed by atoms with Crippen LogP contribution in [0.15, 0.2) is 6.07 Å². The zero-order valence-corrected chi connectivity index (χ0v) is 7.28. The molecule has 1 heterocycles. The number of aryl methyl sites for hydroxylation is 1. The molecule has 12 heavy (non-hydrogen) atoms. The van der Waals surface area contributed by atoms with Gasteiger partial charge in [0, 0.05) is 6.61 Å². The van der Waals surface area contributed by atoms with Gasteiger partial charge in [-0.15, -0.1) is 0 Å². The van der Waals surface area contributed by atoms with Crippen LogP contribution in [-0.4, -0.2) is 22.7 Å². The molecule has 1 rings (SSSR count). The lowest BCUT2D eigenvalue weighted by Crippen LogP contribution is -2.07. The van der Waals surface area contributed by atoms with Gasteiger partial charge in [0.15, 0.2) is 6.29 Å². The number of rotatable bonds is 4. The Hall–Kier alpha value is -1.16. The largest absolute Gasteiger partial charge is 0.360 e. The molecule has 1 aromatic heterocycles. The third kappa shape index (κ3) is 1.92. The Labute approximate surface area is 71.1 Å². The normalized spacial score (nSPS) is 10.2. The topological polar surface area (TPSA) is 44.1 Å². The minimum Gasteiger partial charge on any atom is -0.360 e. The van der Waals surface area contributed by atoms with E-state index in [1.54, 1.807) is 10.7 Å². The number of carbonyl (C=O) groups is 1. The second-order valence-electron chi connectivity index (χ2n) is 2.45. The summed E-state index contributed by atoms with van der Waals surface area (Å²) in [4.78, 5) is 10.5. The summed E-state index contributed by atoms with van der Waals surface area (Å²) in [6.45, 7) is 4.71. The predicted octanol–water partition coefficient (Wildman–Crippen LogP) is 0.998. The monoisotopic (exact) mass is 168 g/mol. The van der Waals surface area contributed by atoms with Crippen molar-refractivity contribution in [2.45, 2.75) is 20.6 Å². The number of ether oxygens (including phenoxy) is 1. The Morgan fingerprint density at radius 3 is 3.08 bits per heavy atom. The molecule has 0 bridgehead atoms. The Bertz CT molecular complexity index is 268. The smallest absolute Gasteiger partial charge is 0.168 e. The number of carbonyl (C=O) groups excluding carboxylic acids is 1. The quantitative estimate of drug-likeness (QED) is 0.630. The third-order valence-electron chi connectivity index (χ3n) is 1.47. The Morgan fingerprint density at radius 2 is 2.50 bits per heavy atom. The lowest BCUT2D eigenvalue weighted by Gasteiger charge is -2.01. The molecule has 0 aliphatic carbocycles. The average molecular weight is 168 g/mol. The van der Waals surface area contributed by atoms with E-state index >= 15 is 0 Å². The summed E-state index contributed by atoms with van der Waals surface area (Å²) in [6, 6.07) is 1.73. The van der Waals surface area contributed by atoms with Gasteiger partial charge in [-0.2, -0.15) is 5.10 Å². The van der Waals surface area contributed by atoms with Crippen LogP contribution in [-0.2, 0) is 11.5 Å². The summed E-state index contributed by atoms with van der Waals surface area (Å²) in [7, 11) is 0. The van der Waals surface area contributed by atoms with E-state index in [-0.39, 0.29) is 0 Å². The molecule has 66 valence electrons. The van der Waals surface area contributed by atoms with Crippen LogP contribution in [0.1, 0.15) is 23.1 Å². The highest BCUT2D eigenvalue weighted by Crippen LogP contribution is 2.00. The van der Waals surface area contributed by atoms with Crippen molar-refractivity contribution in [3.63, 3.8) is 0 Å². The van der Waals surface area contributed by atoms with Crippen LogP contribution in [0.4, 0.5) is 0 Å². The first-order valence-corrected chi connectivity index (χ1v) is 3.85. The van der Waals surface area contributed by atoms with E-state index in [0.29, 0.717) is 19.0 Å². The van der Waals surface area contributed by atoms with Crippen molar-refractivity contribution >= 4 is 6.29 Å². The number of nitrogens with zero attached hydrogens (tertiary/aromatic N) is 2. The molecule has 0 aromatic carbocycles. The number of aromatic nitrogens is 2. The fourth-order valence-corrected chi connectivity index (χ4v) is 0.942. The van der Waals surface area contributed by atoms with Crippen molar-refractivity contribution in [3.8, 4) is 0 Å². The maximum absolute atomic E-state index is 10.5. The van der Waals surface area contributed by atoms with Crippen molar-refractivity contribution in [2.75, 3.05) is 6.61 Å². The molecular formula is C8H12N2O2. The Balaban J connectivity index is 2.74. The molecular weight excluding hydrogens is 156 g/mol. The molecule has 0 saturated carbocycles. The second-order valence-corrected chi connectivity index (χ2v) is 2.45. The molecule has 4 nitrogen and oxygen atoms in total. The molecule has 0 radical (unpaired) electrons. The average Bonchev–Trinajstić information content (AvgIpc) is 2.42. The molecule has 0 amide bonds. The zero-order valence-electron chi connectivity index (χ0n) is 7.28. The Morgan fingerprint density at radius 1 is 1.75 bits per heavy atom. The standard InChI is InChI=1S/C8H12N2O2/c1-3-12-6-10-8(5-11)4-7(2)9-10/h4-5H,3,6H2,1-2H3. The van der Waals surface area contributed by atoms with Gasteiger partial charge >= 0.3 is 0 Å². The number of aldehydes is 1. The van der Waals surface area contributed by atoms with Crippen LogP contribution in [0.5, 0.6) is 0 Å². The summed E-state index contributed by atoms with van der Waals surface area (Å²) in [5, 5.41) is 4.08. The molecule has 0 aliphatic heterocycles. The van der Waals surface area contributed by atoms with E-state index in [1.165, 1.54) is 0 Å². The highest BCUT2D eigenvalue weighted by Gasteiger charge is 2.02. The van der Waals surface area contributed by atoms with Gasteiger partial charge in [-0.3, -0.25) is 4.79 Å². The third-order valence-corrected chi connectivity index (χ3v) is 1.47. The highest BCUT2D eigenvalue weighted by atomic mass is 16.5. The summed E-state index contributed by atoms with van der Waals surface area (Å²) in [6.07, 6.45) is 0.777. The molecule has 0 atom stereocenters. The van der Waals surface area contributed by atoms with Gasteiger partial charge in [-0.1, -0.05) is 0 Å². The van der Waals surface area contributed by atoms with Gasteiger partial charge in [0.25, 0.3) is 0 Å². The lowest BCUT2D eigenvalue weighted by atomic mass is 10.4.